The van der Waals surface area contributed by atoms with Gasteiger partial charge in [0.05, 0.1) is 25.1 Å². The summed E-state index contributed by atoms with van der Waals surface area (Å²) < 4.78 is 49.0. The zero-order chi connectivity index (χ0) is 24.2. The van der Waals surface area contributed by atoms with Crippen molar-refractivity contribution in [3.63, 3.8) is 0 Å². The molecule has 0 aliphatic carbocycles. The van der Waals surface area contributed by atoms with Crippen LogP contribution in [0.3, 0.4) is 0 Å². The van der Waals surface area contributed by atoms with Crippen LogP contribution in [0.2, 0.25) is 0 Å². The first-order valence-electron chi connectivity index (χ1n) is 11.0. The molecule has 0 N–H and O–H groups in total. The number of halogens is 3. The fraction of sp³-hybridized carbons (Fsp3) is 0.154. The van der Waals surface area contributed by atoms with E-state index in [-0.39, 0.29) is 5.69 Å². The number of benzene rings is 3. The number of aromatic nitrogens is 1. The van der Waals surface area contributed by atoms with E-state index in [2.05, 4.69) is 15.0 Å². The molecule has 4 aromatic rings. The van der Waals surface area contributed by atoms with Crippen LogP contribution in [0.25, 0.3) is 11.3 Å². The topological polar surface area (TPSA) is 42.1 Å². The Morgan fingerprint density at radius 1 is 0.886 bits per heavy atom. The van der Waals surface area contributed by atoms with E-state index in [0.717, 1.165) is 36.5 Å². The van der Waals surface area contributed by atoms with Crippen LogP contribution in [0.1, 0.15) is 5.56 Å². The summed E-state index contributed by atoms with van der Waals surface area (Å²) in [4.78, 5) is 6.90. The summed E-state index contributed by atoms with van der Waals surface area (Å²) in [5, 5.41) is 6.26. The lowest BCUT2D eigenvalue weighted by Crippen LogP contribution is -2.36. The normalized spacial score (nSPS) is 14.7. The van der Waals surface area contributed by atoms with Crippen LogP contribution >= 0.6 is 11.3 Å². The van der Waals surface area contributed by atoms with Gasteiger partial charge >= 0.3 is 0 Å². The minimum absolute atomic E-state index is 0.0350. The van der Waals surface area contributed by atoms with Crippen molar-refractivity contribution in [2.75, 3.05) is 31.2 Å². The maximum absolute atomic E-state index is 14.6. The third kappa shape index (κ3) is 5.21. The van der Waals surface area contributed by atoms with Gasteiger partial charge < -0.3 is 9.64 Å². The minimum atomic E-state index is -0.792. The van der Waals surface area contributed by atoms with Gasteiger partial charge in [0.15, 0.2) is 5.82 Å². The molecule has 0 spiro atoms. The highest BCUT2D eigenvalue weighted by atomic mass is 32.1. The number of rotatable bonds is 5. The Labute approximate surface area is 204 Å². The van der Waals surface area contributed by atoms with Crippen molar-refractivity contribution in [2.24, 2.45) is 10.1 Å². The number of nitrogens with zero attached hydrogens (tertiary/aromatic N) is 4. The Bertz CT molecular complexity index is 1420. The average Bonchev–Trinajstić information content (AvgIpc) is 3.27. The van der Waals surface area contributed by atoms with Crippen molar-refractivity contribution in [1.82, 2.24) is 4.68 Å². The Balaban J connectivity index is 1.53. The summed E-state index contributed by atoms with van der Waals surface area (Å²) in [6, 6.07) is 17.4. The van der Waals surface area contributed by atoms with Gasteiger partial charge in [-0.05, 0) is 42.0 Å². The highest BCUT2D eigenvalue weighted by Crippen LogP contribution is 2.25. The lowest BCUT2D eigenvalue weighted by atomic mass is 10.1. The van der Waals surface area contributed by atoms with Crippen LogP contribution in [0.15, 0.2) is 82.2 Å². The number of thiazole rings is 1. The molecule has 0 atom stereocenters. The Morgan fingerprint density at radius 2 is 1.66 bits per heavy atom. The summed E-state index contributed by atoms with van der Waals surface area (Å²) in [6.45, 7) is 3.10. The van der Waals surface area contributed by atoms with Gasteiger partial charge in [-0.1, -0.05) is 24.3 Å². The Kier molecular flexibility index (Phi) is 6.78. The molecule has 2 heterocycles. The van der Waals surface area contributed by atoms with E-state index in [1.54, 1.807) is 29.8 Å². The molecule has 1 aliphatic heterocycles. The molecule has 1 fully saturated rings. The number of hydrogen-bond acceptors (Lipinski definition) is 5. The molecule has 0 unspecified atom stereocenters. The monoisotopic (exact) mass is 494 g/mol. The number of hydrogen-bond donors (Lipinski definition) is 0. The van der Waals surface area contributed by atoms with E-state index in [0.29, 0.717) is 29.3 Å². The van der Waals surface area contributed by atoms with Crippen LogP contribution < -0.4 is 9.70 Å². The average molecular weight is 495 g/mol. The predicted octanol–water partition coefficient (Wildman–Crippen LogP) is 5.59. The fourth-order valence-electron chi connectivity index (χ4n) is 3.74. The van der Waals surface area contributed by atoms with Crippen LogP contribution in [-0.2, 0) is 4.74 Å². The zero-order valence-corrected chi connectivity index (χ0v) is 19.4. The third-order valence-corrected chi connectivity index (χ3v) is 6.37. The van der Waals surface area contributed by atoms with Gasteiger partial charge in [-0.2, -0.15) is 5.10 Å². The van der Waals surface area contributed by atoms with Crippen molar-refractivity contribution in [3.05, 3.63) is 99.9 Å². The van der Waals surface area contributed by atoms with Crippen LogP contribution in [0.4, 0.5) is 24.5 Å². The molecule has 178 valence electrons. The molecule has 9 heteroatoms. The van der Waals surface area contributed by atoms with Gasteiger partial charge in [-0.3, -0.25) is 0 Å². The SMILES string of the molecule is Fc1ccc(N=c2scc(-c3ccccc3F)n2N=Cc2ccc(N3CCOCC3)cc2)c(F)c1. The van der Waals surface area contributed by atoms with Crippen molar-refractivity contribution in [1.29, 1.82) is 0 Å². The molecule has 5 nitrogen and oxygen atoms in total. The number of anilines is 1. The standard InChI is InChI=1S/C26H21F3N4OS/c27-19-7-10-24(23(29)15-19)31-26-33(25(17-35-26)21-3-1-2-4-22(21)28)30-16-18-5-8-20(9-6-18)32-11-13-34-14-12-32/h1-10,15-17H,11-14H2. The summed E-state index contributed by atoms with van der Waals surface area (Å²) in [5.41, 5.74) is 2.70. The van der Waals surface area contributed by atoms with E-state index in [1.165, 1.54) is 28.1 Å². The first-order valence-corrected chi connectivity index (χ1v) is 11.9. The Hall–Kier alpha value is -3.69. The second-order valence-corrected chi connectivity index (χ2v) is 8.67. The molecule has 0 radical (unpaired) electrons. The molecule has 1 aliphatic rings. The van der Waals surface area contributed by atoms with E-state index < -0.39 is 17.5 Å². The molecule has 5 rings (SSSR count). The molecule has 3 aromatic carbocycles. The van der Waals surface area contributed by atoms with Gasteiger partial charge in [0.2, 0.25) is 4.80 Å². The largest absolute Gasteiger partial charge is 0.378 e. The van der Waals surface area contributed by atoms with Gasteiger partial charge in [0.1, 0.15) is 17.3 Å². The second kappa shape index (κ2) is 10.3. The van der Waals surface area contributed by atoms with Crippen LogP contribution in [-0.4, -0.2) is 37.2 Å². The van der Waals surface area contributed by atoms with Gasteiger partial charge in [-0.15, -0.1) is 11.3 Å². The maximum atomic E-state index is 14.6. The van der Waals surface area contributed by atoms with E-state index >= 15 is 0 Å². The predicted molar refractivity (Wildman–Crippen MR) is 132 cm³/mol. The molecular formula is C26H21F3N4OS. The minimum Gasteiger partial charge on any atom is -0.378 e. The Morgan fingerprint density at radius 3 is 2.40 bits per heavy atom. The molecule has 35 heavy (non-hydrogen) atoms. The first-order chi connectivity index (χ1) is 17.1. The molecule has 0 amide bonds. The smallest absolute Gasteiger partial charge is 0.211 e. The third-order valence-electron chi connectivity index (χ3n) is 5.55. The lowest BCUT2D eigenvalue weighted by molar-refractivity contribution is 0.122. The molecular weight excluding hydrogens is 473 g/mol. The lowest BCUT2D eigenvalue weighted by Gasteiger charge is -2.28. The van der Waals surface area contributed by atoms with Gasteiger partial charge in [-0.25, -0.2) is 22.8 Å². The van der Waals surface area contributed by atoms with Crippen molar-refractivity contribution < 1.29 is 17.9 Å². The van der Waals surface area contributed by atoms with Crippen molar-refractivity contribution in [3.8, 4) is 11.3 Å². The summed E-state index contributed by atoms with van der Waals surface area (Å²) in [6.07, 6.45) is 1.64. The maximum Gasteiger partial charge on any atom is 0.211 e. The fourth-order valence-corrected chi connectivity index (χ4v) is 4.58. The highest BCUT2D eigenvalue weighted by Gasteiger charge is 2.13. The van der Waals surface area contributed by atoms with E-state index in [1.807, 2.05) is 24.3 Å². The summed E-state index contributed by atoms with van der Waals surface area (Å²) >= 11 is 1.18. The number of morpholine rings is 1. The summed E-state index contributed by atoms with van der Waals surface area (Å²) in [5.74, 6) is -1.89. The highest BCUT2D eigenvalue weighted by molar-refractivity contribution is 7.07. The summed E-state index contributed by atoms with van der Waals surface area (Å²) in [7, 11) is 0. The second-order valence-electron chi connectivity index (χ2n) is 7.84. The van der Waals surface area contributed by atoms with E-state index in [9.17, 15) is 13.2 Å². The van der Waals surface area contributed by atoms with Crippen LogP contribution in [0, 0.1) is 17.5 Å². The molecule has 0 saturated carbocycles. The number of ether oxygens (including phenoxy) is 1. The first kappa shape index (κ1) is 23.1. The molecule has 1 saturated heterocycles. The van der Waals surface area contributed by atoms with Gasteiger partial charge in [0, 0.05) is 35.8 Å². The molecule has 0 bridgehead atoms. The van der Waals surface area contributed by atoms with Crippen molar-refractivity contribution >= 4 is 28.9 Å². The van der Waals surface area contributed by atoms with Crippen LogP contribution in [0.5, 0.6) is 0 Å². The quantitative estimate of drug-likeness (QED) is 0.340. The molecule has 1 aromatic heterocycles. The van der Waals surface area contributed by atoms with Crippen molar-refractivity contribution in [2.45, 2.75) is 0 Å². The van der Waals surface area contributed by atoms with Gasteiger partial charge in [0.25, 0.3) is 0 Å². The zero-order valence-electron chi connectivity index (χ0n) is 18.6. The van der Waals surface area contributed by atoms with E-state index in [4.69, 9.17) is 4.74 Å².